The molecule has 1 aromatic rings. The van der Waals surface area contributed by atoms with E-state index in [1.165, 1.54) is 0 Å². The Balaban J connectivity index is 2.17. The Morgan fingerprint density at radius 2 is 2.05 bits per heavy atom. The lowest BCUT2D eigenvalue weighted by molar-refractivity contribution is 0.304. The maximum atomic E-state index is 10.4. The van der Waals surface area contributed by atoms with Crippen molar-refractivity contribution < 1.29 is 4.74 Å². The fraction of sp³-hybridized carbons (Fsp3) is 0.538. The van der Waals surface area contributed by atoms with Crippen LogP contribution in [0.4, 0.5) is 5.69 Å². The number of unbranched alkanes of at least 4 members (excludes halogenated alkanes) is 3. The van der Waals surface area contributed by atoms with E-state index in [0.717, 1.165) is 37.0 Å². The molecule has 0 saturated carbocycles. The Kier molecular flexibility index (Phi) is 7.05. The molecule has 0 aromatic heterocycles. The van der Waals surface area contributed by atoms with E-state index in [-0.39, 0.29) is 0 Å². The molecule has 1 aromatic carbocycles. The van der Waals surface area contributed by atoms with Crippen LogP contribution in [-0.2, 0) is 0 Å². The zero-order valence-electron chi connectivity index (χ0n) is 11.1. The molecule has 0 aliphatic rings. The third-order valence-electron chi connectivity index (χ3n) is 2.75. The predicted octanol–water partition coefficient (Wildman–Crippen LogP) is 4.64. The van der Waals surface area contributed by atoms with E-state index in [0.29, 0.717) is 18.8 Å². The second kappa shape index (κ2) is 8.94. The summed E-state index contributed by atoms with van der Waals surface area (Å²) in [6.45, 7) is 3.05. The van der Waals surface area contributed by atoms with Crippen LogP contribution in [0.2, 0.25) is 0 Å². The zero-order chi connectivity index (χ0) is 13.9. The highest BCUT2D eigenvalue weighted by Gasteiger charge is 2.00. The average Bonchev–Trinajstić information content (AvgIpc) is 2.42. The first kappa shape index (κ1) is 15.0. The van der Waals surface area contributed by atoms with Crippen LogP contribution in [0.15, 0.2) is 28.5 Å². The third kappa shape index (κ3) is 5.88. The van der Waals surface area contributed by atoms with Crippen molar-refractivity contribution in [2.45, 2.75) is 32.6 Å². The topological polar surface area (TPSA) is 87.4 Å². The lowest BCUT2D eigenvalue weighted by Gasteiger charge is -2.07. The number of rotatable bonds is 9. The Morgan fingerprint density at radius 1 is 1.26 bits per heavy atom. The van der Waals surface area contributed by atoms with Crippen LogP contribution >= 0.6 is 0 Å². The third-order valence-corrected chi connectivity index (χ3v) is 2.75. The van der Waals surface area contributed by atoms with Crippen molar-refractivity contribution in [1.82, 2.24) is 0 Å². The van der Waals surface area contributed by atoms with Crippen LogP contribution < -0.4 is 4.74 Å². The molecule has 6 heteroatoms. The van der Waals surface area contributed by atoms with Gasteiger partial charge in [-0.2, -0.15) is 0 Å². The highest BCUT2D eigenvalue weighted by molar-refractivity contribution is 5.48. The summed E-state index contributed by atoms with van der Waals surface area (Å²) in [6, 6.07) is 5.24. The molecule has 0 aliphatic carbocycles. The van der Waals surface area contributed by atoms with Crippen LogP contribution in [0.5, 0.6) is 5.75 Å². The first-order chi connectivity index (χ1) is 9.27. The zero-order valence-corrected chi connectivity index (χ0v) is 11.1. The van der Waals surface area contributed by atoms with E-state index >= 15 is 0 Å². The van der Waals surface area contributed by atoms with Gasteiger partial charge in [-0.15, -0.1) is 4.91 Å². The number of nitrogens with zero attached hydrogens (tertiary/aromatic N) is 4. The molecule has 0 bridgehead atoms. The first-order valence-corrected chi connectivity index (χ1v) is 6.35. The quantitative estimate of drug-likeness (QED) is 0.213. The fourth-order valence-electron chi connectivity index (χ4n) is 1.69. The summed E-state index contributed by atoms with van der Waals surface area (Å²) in [6.07, 6.45) is 3.97. The molecule has 0 aliphatic heterocycles. The summed E-state index contributed by atoms with van der Waals surface area (Å²) in [5, 5.41) is 6.39. The number of hydrogen-bond acceptors (Lipinski definition) is 4. The van der Waals surface area contributed by atoms with Gasteiger partial charge in [0, 0.05) is 11.5 Å². The lowest BCUT2D eigenvalue weighted by atomic mass is 10.2. The van der Waals surface area contributed by atoms with E-state index < -0.39 is 0 Å². The largest absolute Gasteiger partial charge is 0.494 e. The molecule has 0 unspecified atom stereocenters. The van der Waals surface area contributed by atoms with Gasteiger partial charge in [-0.25, -0.2) is 0 Å². The lowest BCUT2D eigenvalue weighted by Crippen LogP contribution is -1.97. The summed E-state index contributed by atoms with van der Waals surface area (Å²) in [4.78, 5) is 13.1. The van der Waals surface area contributed by atoms with Crippen molar-refractivity contribution in [3.8, 4) is 5.75 Å². The minimum Gasteiger partial charge on any atom is -0.494 e. The Hall–Kier alpha value is -2.07. The molecular formula is C13H18N4O2. The maximum absolute atomic E-state index is 10.4. The predicted molar refractivity (Wildman–Crippen MR) is 74.6 cm³/mol. The van der Waals surface area contributed by atoms with Crippen LogP contribution in [0.25, 0.3) is 10.4 Å². The number of aryl methyl sites for hydroxylation is 1. The SMILES string of the molecule is Cc1cc(OCCCCCCN=[N+]=[N-])ccc1N=O. The van der Waals surface area contributed by atoms with Gasteiger partial charge >= 0.3 is 0 Å². The minimum atomic E-state index is 0.449. The molecule has 0 spiro atoms. The van der Waals surface area contributed by atoms with Gasteiger partial charge in [-0.05, 0) is 54.2 Å². The van der Waals surface area contributed by atoms with E-state index in [1.54, 1.807) is 12.1 Å². The number of azide groups is 1. The van der Waals surface area contributed by atoms with E-state index in [4.69, 9.17) is 10.3 Å². The van der Waals surface area contributed by atoms with Crippen molar-refractivity contribution in [3.63, 3.8) is 0 Å². The summed E-state index contributed by atoms with van der Waals surface area (Å²) in [5.74, 6) is 0.763. The molecule has 0 fully saturated rings. The summed E-state index contributed by atoms with van der Waals surface area (Å²) >= 11 is 0. The standard InChI is InChI=1S/C13H18N4O2/c1-11-10-12(6-7-13(11)16-18)19-9-5-3-2-4-8-15-17-14/h6-7,10H,2-5,8-9H2,1H3. The van der Waals surface area contributed by atoms with Crippen LogP contribution in [0.3, 0.4) is 0 Å². The first-order valence-electron chi connectivity index (χ1n) is 6.35. The molecule has 0 saturated heterocycles. The Morgan fingerprint density at radius 3 is 2.74 bits per heavy atom. The molecule has 0 radical (unpaired) electrons. The van der Waals surface area contributed by atoms with Crippen LogP contribution in [-0.4, -0.2) is 13.2 Å². The highest BCUT2D eigenvalue weighted by Crippen LogP contribution is 2.23. The van der Waals surface area contributed by atoms with Gasteiger partial charge in [0.05, 0.1) is 6.61 Å². The Bertz CT molecular complexity index is 456. The molecule has 0 amide bonds. The monoisotopic (exact) mass is 262 g/mol. The van der Waals surface area contributed by atoms with Gasteiger partial charge in [-0.3, -0.25) is 0 Å². The summed E-state index contributed by atoms with van der Waals surface area (Å²) in [7, 11) is 0. The smallest absolute Gasteiger partial charge is 0.119 e. The number of nitroso groups, excluding NO2 is 1. The van der Waals surface area contributed by atoms with E-state index in [9.17, 15) is 4.91 Å². The molecular weight excluding hydrogens is 244 g/mol. The van der Waals surface area contributed by atoms with Crippen molar-refractivity contribution >= 4 is 5.69 Å². The van der Waals surface area contributed by atoms with Crippen molar-refractivity contribution in [1.29, 1.82) is 0 Å². The van der Waals surface area contributed by atoms with E-state index in [2.05, 4.69) is 15.2 Å². The van der Waals surface area contributed by atoms with Gasteiger partial charge in [0.25, 0.3) is 0 Å². The molecule has 102 valence electrons. The minimum absolute atomic E-state index is 0.449. The highest BCUT2D eigenvalue weighted by atomic mass is 16.5. The number of benzene rings is 1. The fourth-order valence-corrected chi connectivity index (χ4v) is 1.69. The van der Waals surface area contributed by atoms with Crippen molar-refractivity contribution in [2.24, 2.45) is 10.3 Å². The van der Waals surface area contributed by atoms with E-state index in [1.807, 2.05) is 13.0 Å². The summed E-state index contributed by atoms with van der Waals surface area (Å²) < 4.78 is 5.59. The second-order valence-electron chi connectivity index (χ2n) is 4.26. The number of hydrogen-bond donors (Lipinski definition) is 0. The number of ether oxygens (including phenoxy) is 1. The van der Waals surface area contributed by atoms with Crippen LogP contribution in [0, 0.1) is 11.8 Å². The van der Waals surface area contributed by atoms with Crippen molar-refractivity contribution in [3.05, 3.63) is 39.1 Å². The summed E-state index contributed by atoms with van der Waals surface area (Å²) in [5.41, 5.74) is 9.38. The molecule has 0 atom stereocenters. The van der Waals surface area contributed by atoms with Crippen molar-refractivity contribution in [2.75, 3.05) is 13.2 Å². The van der Waals surface area contributed by atoms with Gasteiger partial charge in [0.15, 0.2) is 0 Å². The average molecular weight is 262 g/mol. The molecule has 19 heavy (non-hydrogen) atoms. The van der Waals surface area contributed by atoms with Gasteiger partial charge in [-0.1, -0.05) is 18.0 Å². The van der Waals surface area contributed by atoms with Gasteiger partial charge in [0.2, 0.25) is 0 Å². The van der Waals surface area contributed by atoms with Gasteiger partial charge < -0.3 is 4.74 Å². The maximum Gasteiger partial charge on any atom is 0.119 e. The second-order valence-corrected chi connectivity index (χ2v) is 4.26. The molecule has 0 N–H and O–H groups in total. The van der Waals surface area contributed by atoms with Gasteiger partial charge in [0.1, 0.15) is 11.4 Å². The normalized spacial score (nSPS) is 9.74. The van der Waals surface area contributed by atoms with Crippen LogP contribution in [0.1, 0.15) is 31.2 Å². The molecule has 1 rings (SSSR count). The molecule has 0 heterocycles. The molecule has 6 nitrogen and oxygen atoms in total. The Labute approximate surface area is 112 Å².